The van der Waals surface area contributed by atoms with E-state index in [1.165, 1.54) is 23.9 Å². The molecule has 1 aliphatic heterocycles. The summed E-state index contributed by atoms with van der Waals surface area (Å²) in [5.74, 6) is 0.00509. The fourth-order valence-electron chi connectivity index (χ4n) is 2.84. The Hall–Kier alpha value is -2.59. The lowest BCUT2D eigenvalue weighted by Crippen LogP contribution is -2.40. The molecule has 3 rings (SSSR count). The zero-order valence-corrected chi connectivity index (χ0v) is 14.5. The Morgan fingerprint density at radius 3 is 2.67 bits per heavy atom. The second-order valence-corrected chi connectivity index (χ2v) is 6.22. The first-order valence-electron chi connectivity index (χ1n) is 8.27. The van der Waals surface area contributed by atoms with Crippen LogP contribution in [0.25, 0.3) is 5.69 Å². The number of aliphatic hydroxyl groups excluding tert-OH is 1. The van der Waals surface area contributed by atoms with E-state index in [1.807, 2.05) is 0 Å². The van der Waals surface area contributed by atoms with Crippen LogP contribution in [0.3, 0.4) is 0 Å². The molecule has 1 aromatic carbocycles. The first kappa shape index (κ1) is 19.2. The topological polar surface area (TPSA) is 88.4 Å². The number of rotatable bonds is 5. The Labute approximate surface area is 153 Å². The minimum absolute atomic E-state index is 0.136. The average molecular weight is 384 g/mol. The number of aromatic nitrogens is 2. The van der Waals surface area contributed by atoms with E-state index >= 15 is 0 Å². The lowest BCUT2D eigenvalue weighted by molar-refractivity contribution is -0.137. The van der Waals surface area contributed by atoms with Crippen LogP contribution in [0.1, 0.15) is 17.5 Å². The Bertz CT molecular complexity index is 805. The summed E-state index contributed by atoms with van der Waals surface area (Å²) in [6, 6.07) is 4.10. The van der Waals surface area contributed by atoms with Gasteiger partial charge in [0.1, 0.15) is 0 Å². The number of β-amino-alcohol motifs (C(OH)–C–C–N with tert-alkyl or cyclic N) is 1. The van der Waals surface area contributed by atoms with Crippen molar-refractivity contribution in [2.45, 2.75) is 31.3 Å². The van der Waals surface area contributed by atoms with Crippen molar-refractivity contribution in [3.05, 3.63) is 41.6 Å². The van der Waals surface area contributed by atoms with Gasteiger partial charge in [0, 0.05) is 19.3 Å². The number of nitrogens with zero attached hydrogens (tertiary/aromatic N) is 2. The Kier molecular flexibility index (Phi) is 5.38. The van der Waals surface area contributed by atoms with Crippen molar-refractivity contribution < 1.29 is 27.8 Å². The molecule has 0 unspecified atom stereocenters. The van der Waals surface area contributed by atoms with Gasteiger partial charge in [-0.15, -0.1) is 5.10 Å². The lowest BCUT2D eigenvalue weighted by Gasteiger charge is -2.10. The van der Waals surface area contributed by atoms with Crippen molar-refractivity contribution in [2.24, 2.45) is 0 Å². The van der Waals surface area contributed by atoms with Gasteiger partial charge in [-0.3, -0.25) is 4.79 Å². The summed E-state index contributed by atoms with van der Waals surface area (Å²) < 4.78 is 44.6. The predicted molar refractivity (Wildman–Crippen MR) is 89.4 cm³/mol. The highest BCUT2D eigenvalue weighted by atomic mass is 19.4. The number of hydrogen-bond donors (Lipinski definition) is 3. The molecule has 1 fully saturated rings. The molecule has 2 aromatic rings. The summed E-state index contributed by atoms with van der Waals surface area (Å²) >= 11 is 0. The van der Waals surface area contributed by atoms with Gasteiger partial charge in [0.2, 0.25) is 11.8 Å². The molecule has 0 saturated carbocycles. The molecule has 0 radical (unpaired) electrons. The molecule has 0 bridgehead atoms. The third-order valence-electron chi connectivity index (χ3n) is 4.28. The van der Waals surface area contributed by atoms with Gasteiger partial charge >= 0.3 is 6.18 Å². The van der Waals surface area contributed by atoms with Crippen LogP contribution in [0.15, 0.2) is 30.5 Å². The number of alkyl halides is 3. The Morgan fingerprint density at radius 2 is 2.11 bits per heavy atom. The van der Waals surface area contributed by atoms with E-state index in [2.05, 4.69) is 15.7 Å². The molecule has 3 N–H and O–H groups in total. The molecule has 1 aromatic heterocycles. The molecule has 0 spiro atoms. The molecule has 1 amide bonds. The van der Waals surface area contributed by atoms with Crippen molar-refractivity contribution in [3.63, 3.8) is 0 Å². The van der Waals surface area contributed by atoms with Gasteiger partial charge in [-0.2, -0.15) is 13.2 Å². The van der Waals surface area contributed by atoms with Gasteiger partial charge in [-0.25, -0.2) is 4.68 Å². The number of benzene rings is 1. The SMILES string of the molecule is COc1nn(-c2ccc(C(F)(F)F)cc2)cc1CNC(=O)[C@@H]1C[C@H](O)CN1. The molecule has 7 nitrogen and oxygen atoms in total. The van der Waals surface area contributed by atoms with Gasteiger partial charge < -0.3 is 20.5 Å². The van der Waals surface area contributed by atoms with Gasteiger partial charge in [0.05, 0.1) is 36.1 Å². The minimum Gasteiger partial charge on any atom is -0.480 e. The van der Waals surface area contributed by atoms with Crippen LogP contribution >= 0.6 is 0 Å². The maximum absolute atomic E-state index is 12.7. The molecule has 27 heavy (non-hydrogen) atoms. The highest BCUT2D eigenvalue weighted by Crippen LogP contribution is 2.30. The van der Waals surface area contributed by atoms with Crippen LogP contribution in [0.2, 0.25) is 0 Å². The number of carbonyl (C=O) groups is 1. The van der Waals surface area contributed by atoms with Crippen LogP contribution in [0.4, 0.5) is 13.2 Å². The summed E-state index contributed by atoms with van der Waals surface area (Å²) in [5.41, 5.74) is 0.257. The monoisotopic (exact) mass is 384 g/mol. The molecule has 1 saturated heterocycles. The smallest absolute Gasteiger partial charge is 0.416 e. The maximum Gasteiger partial charge on any atom is 0.416 e. The zero-order chi connectivity index (χ0) is 19.6. The normalized spacial score (nSPS) is 19.9. The summed E-state index contributed by atoms with van der Waals surface area (Å²) in [6.07, 6.45) is -3.03. The second kappa shape index (κ2) is 7.57. The first-order chi connectivity index (χ1) is 12.8. The van der Waals surface area contributed by atoms with Crippen molar-refractivity contribution in [2.75, 3.05) is 13.7 Å². The maximum atomic E-state index is 12.7. The van der Waals surface area contributed by atoms with Crippen LogP contribution in [-0.4, -0.2) is 46.6 Å². The third kappa shape index (κ3) is 4.40. The van der Waals surface area contributed by atoms with E-state index in [9.17, 15) is 23.1 Å². The minimum atomic E-state index is -4.41. The zero-order valence-electron chi connectivity index (χ0n) is 14.5. The number of halogens is 3. The summed E-state index contributed by atoms with van der Waals surface area (Å²) in [6.45, 7) is 0.504. The molecular formula is C17H19F3N4O3. The highest BCUT2D eigenvalue weighted by molar-refractivity contribution is 5.82. The average Bonchev–Trinajstić information content (AvgIpc) is 3.25. The highest BCUT2D eigenvalue weighted by Gasteiger charge is 2.30. The predicted octanol–water partition coefficient (Wildman–Crippen LogP) is 1.24. The molecule has 2 atom stereocenters. The summed E-state index contributed by atoms with van der Waals surface area (Å²) in [4.78, 5) is 12.1. The Balaban J connectivity index is 1.70. The van der Waals surface area contributed by atoms with Gasteiger partial charge in [0.25, 0.3) is 0 Å². The molecule has 0 aliphatic carbocycles. The fraction of sp³-hybridized carbons (Fsp3) is 0.412. The van der Waals surface area contributed by atoms with Crippen LogP contribution in [-0.2, 0) is 17.5 Å². The molecular weight excluding hydrogens is 365 g/mol. The molecule has 146 valence electrons. The molecule has 1 aliphatic rings. The Morgan fingerprint density at radius 1 is 1.41 bits per heavy atom. The number of nitrogens with one attached hydrogen (secondary N) is 2. The van der Waals surface area contributed by atoms with Crippen LogP contribution in [0, 0.1) is 0 Å². The van der Waals surface area contributed by atoms with E-state index in [0.29, 0.717) is 24.2 Å². The summed E-state index contributed by atoms with van der Waals surface area (Å²) in [5, 5.41) is 19.3. The largest absolute Gasteiger partial charge is 0.480 e. The standard InChI is InChI=1S/C17H19F3N4O3/c1-27-16-10(7-22-15(26)14-6-13(25)8-21-14)9-24(23-16)12-4-2-11(3-5-12)17(18,19)20/h2-5,9,13-14,21,25H,6-8H2,1H3,(H,22,26)/t13-,14-/m0/s1. The summed E-state index contributed by atoms with van der Waals surface area (Å²) in [7, 11) is 1.42. The number of aliphatic hydroxyl groups is 1. The van der Waals surface area contributed by atoms with Crippen molar-refractivity contribution >= 4 is 5.91 Å². The van der Waals surface area contributed by atoms with E-state index < -0.39 is 23.9 Å². The second-order valence-electron chi connectivity index (χ2n) is 6.22. The van der Waals surface area contributed by atoms with Crippen molar-refractivity contribution in [3.8, 4) is 11.6 Å². The van der Waals surface area contributed by atoms with Crippen molar-refractivity contribution in [1.29, 1.82) is 0 Å². The van der Waals surface area contributed by atoms with Crippen LogP contribution < -0.4 is 15.4 Å². The number of hydrogen-bond acceptors (Lipinski definition) is 5. The quantitative estimate of drug-likeness (QED) is 0.722. The van der Waals surface area contributed by atoms with Gasteiger partial charge in [0.15, 0.2) is 0 Å². The van der Waals surface area contributed by atoms with Gasteiger partial charge in [-0.1, -0.05) is 0 Å². The lowest BCUT2D eigenvalue weighted by atomic mass is 10.2. The number of amides is 1. The number of methoxy groups -OCH3 is 1. The van der Waals surface area contributed by atoms with Gasteiger partial charge in [-0.05, 0) is 30.7 Å². The van der Waals surface area contributed by atoms with Crippen molar-refractivity contribution in [1.82, 2.24) is 20.4 Å². The van der Waals surface area contributed by atoms with E-state index in [1.54, 1.807) is 6.20 Å². The third-order valence-corrected chi connectivity index (χ3v) is 4.28. The number of ether oxygens (including phenoxy) is 1. The van der Waals surface area contributed by atoms with E-state index in [-0.39, 0.29) is 18.3 Å². The van der Waals surface area contributed by atoms with E-state index in [4.69, 9.17) is 4.74 Å². The van der Waals surface area contributed by atoms with Crippen LogP contribution in [0.5, 0.6) is 5.88 Å². The fourth-order valence-corrected chi connectivity index (χ4v) is 2.84. The van der Waals surface area contributed by atoms with E-state index in [0.717, 1.165) is 12.1 Å². The molecule has 2 heterocycles. The number of carbonyl (C=O) groups excluding carboxylic acids is 1. The first-order valence-corrected chi connectivity index (χ1v) is 8.27. The molecule has 10 heteroatoms.